The molecule has 5 saturated heterocycles. The Hall–Kier alpha value is -7.07. The van der Waals surface area contributed by atoms with Gasteiger partial charge in [-0.1, -0.05) is 43.3 Å². The molecule has 2 bridgehead atoms. The fraction of sp³-hybridized carbons (Fsp3) is 0.532. The molecular weight excluding hydrogens is 1070 g/mol. The lowest BCUT2D eigenvalue weighted by atomic mass is 9.91. The van der Waals surface area contributed by atoms with Crippen LogP contribution in [0.15, 0.2) is 83.0 Å². The second kappa shape index (κ2) is 24.3. The summed E-state index contributed by atoms with van der Waals surface area (Å²) < 4.78 is 19.1. The van der Waals surface area contributed by atoms with E-state index in [2.05, 4.69) is 62.4 Å². The summed E-state index contributed by atoms with van der Waals surface area (Å²) in [4.78, 5) is 49.6. The van der Waals surface area contributed by atoms with E-state index in [0.717, 1.165) is 143 Å². The minimum atomic E-state index is -0.846. The first-order chi connectivity index (χ1) is 40.2. The number of piperidine rings is 2. The van der Waals surface area contributed by atoms with Crippen LogP contribution >= 0.6 is 11.3 Å². The van der Waals surface area contributed by atoms with Crippen molar-refractivity contribution in [3.05, 3.63) is 95.5 Å². The number of aliphatic hydroxyl groups excluding tert-OH is 1. The molecule has 83 heavy (non-hydrogen) atoms. The van der Waals surface area contributed by atoms with Crippen LogP contribution < -0.4 is 36.2 Å². The van der Waals surface area contributed by atoms with Gasteiger partial charge in [-0.25, -0.2) is 9.97 Å². The van der Waals surface area contributed by atoms with E-state index in [0.29, 0.717) is 46.2 Å². The largest absolute Gasteiger partial charge is 0.507 e. The number of carbonyl (C=O) groups excluding carboxylic acids is 2. The monoisotopic (exact) mass is 1150 g/mol. The summed E-state index contributed by atoms with van der Waals surface area (Å²) in [7, 11) is 0. The number of nitrogens with zero attached hydrogens (tertiary/aromatic N) is 10. The number of anilines is 5. The van der Waals surface area contributed by atoms with Crippen molar-refractivity contribution in [3.63, 3.8) is 0 Å². The number of carbonyl (C=O) groups is 2. The lowest BCUT2D eigenvalue weighted by Crippen LogP contribution is -2.48. The van der Waals surface area contributed by atoms with E-state index >= 15 is 0 Å². The molecule has 21 heteroatoms. The van der Waals surface area contributed by atoms with Crippen LogP contribution in [0.2, 0.25) is 0 Å². The van der Waals surface area contributed by atoms with Gasteiger partial charge in [0.2, 0.25) is 17.7 Å². The Labute approximate surface area is 489 Å². The van der Waals surface area contributed by atoms with Crippen LogP contribution in [0.25, 0.3) is 21.7 Å². The van der Waals surface area contributed by atoms with Gasteiger partial charge in [-0.3, -0.25) is 9.59 Å². The number of aromatic hydroxyl groups is 1. The predicted molar refractivity (Wildman–Crippen MR) is 320 cm³/mol. The second-order valence-corrected chi connectivity index (χ2v) is 25.3. The number of likely N-dealkylation sites (tertiary alicyclic amines) is 2. The van der Waals surface area contributed by atoms with E-state index in [-0.39, 0.29) is 60.8 Å². The highest BCUT2D eigenvalue weighted by atomic mass is 32.1. The number of aryl methyl sites for hydroxylation is 1. The first-order valence-electron chi connectivity index (χ1n) is 29.9. The van der Waals surface area contributed by atoms with E-state index in [4.69, 9.17) is 25.5 Å². The Kier molecular flexibility index (Phi) is 16.5. The Morgan fingerprint density at radius 1 is 0.843 bits per heavy atom. The van der Waals surface area contributed by atoms with Crippen LogP contribution in [0.4, 0.5) is 28.7 Å². The molecule has 0 spiro atoms. The number of hydrogen-bond acceptors (Lipinski definition) is 19. The number of rotatable bonds is 17. The first kappa shape index (κ1) is 56.4. The SMILES string of the molecule is Cc1ncsc1-c1ccc([C@H](C)NC(=O)[C@@H]2C[C@@H](O)CN2C(=O)[C@@H](c2cc(N3CCC(CN4CCC(O[C@H]5C[C@H](Oc6cc(N7CC8CCN(c9cc(-c%10ccccc%10O)nnc9N)CC7C8)ccn6)C5)CC4)CC3)no2)C(C)C)c(N)c1. The Bertz CT molecular complexity index is 3250. The average molecular weight is 1150 g/mol. The number of nitrogen functional groups attached to an aromatic ring is 2. The van der Waals surface area contributed by atoms with Gasteiger partial charge in [0.05, 0.1) is 51.8 Å². The number of β-amino-alcohol motifs (C(OH)–C–C–N with tert-alkyl or cyclic N) is 1. The van der Waals surface area contributed by atoms with Gasteiger partial charge in [-0.05, 0) is 112 Å². The van der Waals surface area contributed by atoms with Gasteiger partial charge in [-0.15, -0.1) is 21.5 Å². The van der Waals surface area contributed by atoms with Crippen molar-refractivity contribution in [3.8, 4) is 33.3 Å². The summed E-state index contributed by atoms with van der Waals surface area (Å²) >= 11 is 1.55. The number of ether oxygens (including phenoxy) is 2. The maximum atomic E-state index is 14.4. The van der Waals surface area contributed by atoms with Crippen molar-refractivity contribution in [1.82, 2.24) is 40.4 Å². The zero-order valence-electron chi connectivity index (χ0n) is 48.1. The van der Waals surface area contributed by atoms with E-state index in [1.807, 2.05) is 81.9 Å². The highest BCUT2D eigenvalue weighted by molar-refractivity contribution is 7.13. The molecule has 6 aromatic rings. The number of phenolic OH excluding ortho intramolecular Hbond substituents is 1. The summed E-state index contributed by atoms with van der Waals surface area (Å²) in [5, 5.41) is 37.5. The summed E-state index contributed by atoms with van der Waals surface area (Å²) in [5.41, 5.74) is 21.2. The number of benzene rings is 2. The second-order valence-electron chi connectivity index (χ2n) is 24.5. The third-order valence-corrected chi connectivity index (χ3v) is 19.3. The quantitative estimate of drug-likeness (QED) is 0.0546. The maximum absolute atomic E-state index is 14.4. The normalized spacial score (nSPS) is 24.2. The lowest BCUT2D eigenvalue weighted by Gasteiger charge is -2.41. The minimum absolute atomic E-state index is 0.0588. The van der Waals surface area contributed by atoms with Gasteiger partial charge in [0.1, 0.15) is 23.8 Å². The molecule has 0 radical (unpaired) electrons. The number of aliphatic hydroxyl groups is 1. The molecule has 6 aliphatic rings. The molecule has 2 unspecified atom stereocenters. The van der Waals surface area contributed by atoms with Gasteiger partial charge < -0.3 is 65.5 Å². The van der Waals surface area contributed by atoms with Gasteiger partial charge >= 0.3 is 0 Å². The summed E-state index contributed by atoms with van der Waals surface area (Å²) in [5.74, 6) is 2.12. The standard InChI is InChI=1S/C62H79N13O7S/c1-36(2)58(62(79)75-34-44(76)26-53(75)61(78)67-37(3)48-10-9-41(24-50(48)63)59-38(4)66-35-83-59)55-30-56(70-82-55)72-20-12-39(13-21-72)31-71-18-15-45(16-19-71)80-46-27-47(28-46)81-57-25-42(11-17-65-57)74-32-40-14-22-73(33-43(74)23-40)52-29-51(68-69-60(52)64)49-7-5-6-8-54(49)77/h5-11,17,24-25,29-30,35-37,39-40,43-47,53,58,76-77H,12-16,18-23,26-28,31-34,63H2,1-4H3,(H2,64,69)(H,67,78)/t37-,40?,43?,44+,46-,47-,53-,58+/m0/s1. The van der Waals surface area contributed by atoms with E-state index < -0.39 is 24.1 Å². The highest BCUT2D eigenvalue weighted by Crippen LogP contribution is 2.41. The molecule has 7 N–H and O–H groups in total. The third-order valence-electron chi connectivity index (χ3n) is 18.4. The van der Waals surface area contributed by atoms with Gasteiger partial charge in [0.15, 0.2) is 17.4 Å². The van der Waals surface area contributed by atoms with Gasteiger partial charge in [0, 0.05) is 119 Å². The van der Waals surface area contributed by atoms with Crippen LogP contribution in [-0.2, 0) is 14.3 Å². The van der Waals surface area contributed by atoms with Crippen LogP contribution in [0, 0.1) is 24.7 Å². The Morgan fingerprint density at radius 3 is 2.40 bits per heavy atom. The average Bonchev–Trinajstić information content (AvgIpc) is 4.40. The van der Waals surface area contributed by atoms with Gasteiger partial charge in [-0.2, -0.15) is 0 Å². The molecule has 6 fully saturated rings. The number of aromatic nitrogens is 5. The smallest absolute Gasteiger partial charge is 0.243 e. The van der Waals surface area contributed by atoms with Crippen molar-refractivity contribution in [1.29, 1.82) is 0 Å². The molecule has 2 aromatic carbocycles. The highest BCUT2D eigenvalue weighted by Gasteiger charge is 2.44. The molecular formula is C62H79N13O7S. The van der Waals surface area contributed by atoms with Crippen molar-refractivity contribution in [2.45, 2.75) is 134 Å². The lowest BCUT2D eigenvalue weighted by molar-refractivity contribution is -0.141. The fourth-order valence-corrected chi connectivity index (χ4v) is 14.5. The number of pyridine rings is 1. The van der Waals surface area contributed by atoms with Crippen molar-refractivity contribution >= 4 is 51.8 Å². The number of hydrogen-bond donors (Lipinski definition) is 5. The number of nitrogens with two attached hydrogens (primary N) is 2. The number of amides is 2. The maximum Gasteiger partial charge on any atom is 0.243 e. The minimum Gasteiger partial charge on any atom is -0.507 e. The van der Waals surface area contributed by atoms with Crippen molar-refractivity contribution < 1.29 is 33.8 Å². The van der Waals surface area contributed by atoms with E-state index in [9.17, 15) is 19.8 Å². The number of thiazole rings is 1. The number of nitrogens with one attached hydrogen (secondary N) is 1. The van der Waals surface area contributed by atoms with E-state index in [1.54, 1.807) is 23.5 Å². The molecule has 20 nitrogen and oxygen atoms in total. The number of fused-ring (bicyclic) bond motifs is 2. The Morgan fingerprint density at radius 2 is 1.64 bits per heavy atom. The topological polar surface area (TPSA) is 251 Å². The van der Waals surface area contributed by atoms with Crippen LogP contribution in [0.3, 0.4) is 0 Å². The third kappa shape index (κ3) is 12.3. The van der Waals surface area contributed by atoms with Crippen molar-refractivity contribution in [2.24, 2.45) is 17.8 Å². The summed E-state index contributed by atoms with van der Waals surface area (Å²) in [6.45, 7) is 15.3. The number of para-hydroxylation sites is 1. The fourth-order valence-electron chi connectivity index (χ4n) is 13.7. The zero-order valence-corrected chi connectivity index (χ0v) is 48.9. The molecule has 2 amide bonds. The molecule has 5 aliphatic heterocycles. The van der Waals surface area contributed by atoms with Crippen LogP contribution in [-0.4, -0.2) is 153 Å². The molecule has 1 saturated carbocycles. The Balaban J connectivity index is 0.569. The molecule has 9 heterocycles. The molecule has 12 rings (SSSR count). The van der Waals surface area contributed by atoms with E-state index in [1.165, 1.54) is 4.90 Å². The van der Waals surface area contributed by atoms with Crippen LogP contribution in [0.5, 0.6) is 11.6 Å². The first-order valence-corrected chi connectivity index (χ1v) is 30.8. The number of phenols is 1. The van der Waals surface area contributed by atoms with Crippen LogP contribution in [0.1, 0.15) is 108 Å². The summed E-state index contributed by atoms with van der Waals surface area (Å²) in [6.07, 6.45) is 9.71. The predicted octanol–water partition coefficient (Wildman–Crippen LogP) is 7.82. The zero-order chi connectivity index (χ0) is 57.5. The van der Waals surface area contributed by atoms with Crippen molar-refractivity contribution in [2.75, 3.05) is 85.1 Å². The molecule has 440 valence electrons. The molecule has 4 aromatic heterocycles. The molecule has 6 atom stereocenters. The molecule has 1 aliphatic carbocycles. The van der Waals surface area contributed by atoms with Gasteiger partial charge in [0.25, 0.3) is 0 Å². The summed E-state index contributed by atoms with van der Waals surface area (Å²) in [6, 6.07) is 20.0.